The Labute approximate surface area is 178 Å². The maximum atomic E-state index is 13.2. The molecule has 0 radical (unpaired) electrons. The van der Waals surface area contributed by atoms with E-state index in [2.05, 4.69) is 0 Å². The summed E-state index contributed by atoms with van der Waals surface area (Å²) in [5, 5.41) is 0.578. The van der Waals surface area contributed by atoms with Crippen LogP contribution in [0.5, 0.6) is 0 Å². The smallest absolute Gasteiger partial charge is 0.257 e. The Morgan fingerprint density at radius 1 is 1.03 bits per heavy atom. The van der Waals surface area contributed by atoms with Gasteiger partial charge in [-0.25, -0.2) is 4.90 Å². The van der Waals surface area contributed by atoms with E-state index in [0.717, 1.165) is 10.5 Å². The van der Waals surface area contributed by atoms with Crippen LogP contribution in [-0.2, 0) is 27.3 Å². The Balaban J connectivity index is 1.60. The van der Waals surface area contributed by atoms with Crippen LogP contribution in [0.3, 0.4) is 0 Å². The number of furan rings is 1. The third-order valence-electron chi connectivity index (χ3n) is 5.01. The van der Waals surface area contributed by atoms with E-state index in [1.54, 1.807) is 60.7 Å². The van der Waals surface area contributed by atoms with Crippen LogP contribution >= 0.6 is 11.6 Å². The molecule has 0 saturated carbocycles. The molecular weight excluding hydrogens is 404 g/mol. The third kappa shape index (κ3) is 4.14. The van der Waals surface area contributed by atoms with Gasteiger partial charge in [-0.1, -0.05) is 41.9 Å². The molecule has 3 aromatic rings. The topological polar surface area (TPSA) is 70.8 Å². The molecule has 4 rings (SSSR count). The van der Waals surface area contributed by atoms with Crippen molar-refractivity contribution >= 4 is 35.0 Å². The van der Waals surface area contributed by atoms with Crippen LogP contribution in [0, 0.1) is 0 Å². The highest BCUT2D eigenvalue weighted by Gasteiger charge is 2.44. The highest BCUT2D eigenvalue weighted by atomic mass is 35.5. The maximum Gasteiger partial charge on any atom is 0.257 e. The van der Waals surface area contributed by atoms with Gasteiger partial charge in [-0.3, -0.25) is 14.4 Å². The summed E-state index contributed by atoms with van der Waals surface area (Å²) in [4.78, 5) is 41.6. The van der Waals surface area contributed by atoms with Gasteiger partial charge in [-0.05, 0) is 42.0 Å². The van der Waals surface area contributed by atoms with Gasteiger partial charge >= 0.3 is 0 Å². The van der Waals surface area contributed by atoms with E-state index in [1.165, 1.54) is 11.2 Å². The van der Waals surface area contributed by atoms with Crippen molar-refractivity contribution in [2.24, 2.45) is 0 Å². The van der Waals surface area contributed by atoms with Crippen LogP contribution in [-0.4, -0.2) is 28.7 Å². The van der Waals surface area contributed by atoms with Gasteiger partial charge in [-0.15, -0.1) is 0 Å². The second kappa shape index (κ2) is 8.55. The highest BCUT2D eigenvalue weighted by molar-refractivity contribution is 6.30. The Hall–Kier alpha value is -3.38. The van der Waals surface area contributed by atoms with E-state index < -0.39 is 11.9 Å². The maximum absolute atomic E-state index is 13.2. The van der Waals surface area contributed by atoms with Crippen molar-refractivity contribution < 1.29 is 18.8 Å². The molecular formula is C23H19ClN2O4. The molecule has 2 aromatic carbocycles. The fourth-order valence-corrected chi connectivity index (χ4v) is 3.65. The second-order valence-electron chi connectivity index (χ2n) is 7.03. The minimum absolute atomic E-state index is 0.0687. The van der Waals surface area contributed by atoms with Gasteiger partial charge in [0.2, 0.25) is 11.8 Å². The Morgan fingerprint density at radius 2 is 1.77 bits per heavy atom. The molecule has 7 heteroatoms. The van der Waals surface area contributed by atoms with E-state index in [0.29, 0.717) is 16.5 Å². The van der Waals surface area contributed by atoms with Gasteiger partial charge in [0, 0.05) is 5.02 Å². The monoisotopic (exact) mass is 422 g/mol. The van der Waals surface area contributed by atoms with Crippen molar-refractivity contribution in [3.05, 3.63) is 89.3 Å². The van der Waals surface area contributed by atoms with Crippen LogP contribution in [0.2, 0.25) is 5.02 Å². The number of nitrogens with zero attached hydrogens (tertiary/aromatic N) is 2. The van der Waals surface area contributed by atoms with Crippen molar-refractivity contribution in [2.75, 3.05) is 4.90 Å². The second-order valence-corrected chi connectivity index (χ2v) is 7.46. The molecule has 0 aliphatic carbocycles. The summed E-state index contributed by atoms with van der Waals surface area (Å²) < 4.78 is 5.39. The van der Waals surface area contributed by atoms with Gasteiger partial charge in [0.15, 0.2) is 0 Å². The first-order valence-corrected chi connectivity index (χ1v) is 9.89. The molecule has 152 valence electrons. The molecule has 6 nitrogen and oxygen atoms in total. The number of benzene rings is 2. The number of anilines is 1. The summed E-state index contributed by atoms with van der Waals surface area (Å²) in [5.74, 6) is -0.477. The molecule has 1 unspecified atom stereocenters. The molecule has 1 aliphatic heterocycles. The van der Waals surface area contributed by atoms with E-state index >= 15 is 0 Å². The van der Waals surface area contributed by atoms with Gasteiger partial charge in [0.1, 0.15) is 11.8 Å². The summed E-state index contributed by atoms with van der Waals surface area (Å²) in [6.07, 6.45) is 1.52. The predicted molar refractivity (Wildman–Crippen MR) is 112 cm³/mol. The number of hydrogen-bond donors (Lipinski definition) is 0. The number of amides is 3. The van der Waals surface area contributed by atoms with E-state index in [4.69, 9.17) is 16.0 Å². The van der Waals surface area contributed by atoms with Crippen LogP contribution in [0.4, 0.5) is 5.69 Å². The Bertz CT molecular complexity index is 1050. The number of carbonyl (C=O) groups excluding carboxylic acids is 3. The number of carbonyl (C=O) groups is 3. The molecule has 0 bridgehead atoms. The van der Waals surface area contributed by atoms with Gasteiger partial charge in [0.05, 0.1) is 31.3 Å². The van der Waals surface area contributed by atoms with Crippen LogP contribution < -0.4 is 4.90 Å². The minimum atomic E-state index is -0.886. The zero-order valence-corrected chi connectivity index (χ0v) is 16.8. The standard InChI is InChI=1S/C23H19ClN2O4/c24-17-10-8-16(9-11-17)13-21(27)25(15-19-7-4-12-30-19)20-14-22(28)26(23(20)29)18-5-2-1-3-6-18/h1-12,20H,13-15H2. The van der Waals surface area contributed by atoms with E-state index in [9.17, 15) is 14.4 Å². The lowest BCUT2D eigenvalue weighted by atomic mass is 10.1. The van der Waals surface area contributed by atoms with Gasteiger partial charge in [-0.2, -0.15) is 0 Å². The zero-order valence-electron chi connectivity index (χ0n) is 16.0. The van der Waals surface area contributed by atoms with Crippen LogP contribution in [0.25, 0.3) is 0 Å². The van der Waals surface area contributed by atoms with Crippen molar-refractivity contribution in [3.8, 4) is 0 Å². The lowest BCUT2D eigenvalue weighted by Crippen LogP contribution is -2.45. The summed E-state index contributed by atoms with van der Waals surface area (Å²) in [5.41, 5.74) is 1.27. The fraction of sp³-hybridized carbons (Fsp3) is 0.174. The van der Waals surface area contributed by atoms with Crippen molar-refractivity contribution in [1.29, 1.82) is 0 Å². The van der Waals surface area contributed by atoms with Crippen LogP contribution in [0.15, 0.2) is 77.4 Å². The lowest BCUT2D eigenvalue weighted by molar-refractivity contribution is -0.138. The summed E-state index contributed by atoms with van der Waals surface area (Å²) in [6.45, 7) is 0.103. The van der Waals surface area contributed by atoms with Gasteiger partial charge in [0.25, 0.3) is 5.91 Å². The molecule has 1 aromatic heterocycles. The minimum Gasteiger partial charge on any atom is -0.467 e. The number of para-hydroxylation sites is 1. The number of hydrogen-bond acceptors (Lipinski definition) is 4. The summed E-state index contributed by atoms with van der Waals surface area (Å²) in [7, 11) is 0. The molecule has 1 aliphatic rings. The van der Waals surface area contributed by atoms with Gasteiger partial charge < -0.3 is 9.32 Å². The predicted octanol–water partition coefficient (Wildman–Crippen LogP) is 3.84. The Morgan fingerprint density at radius 3 is 2.43 bits per heavy atom. The highest BCUT2D eigenvalue weighted by Crippen LogP contribution is 2.27. The summed E-state index contributed by atoms with van der Waals surface area (Å²) >= 11 is 5.92. The normalized spacial score (nSPS) is 16.2. The molecule has 1 atom stereocenters. The quantitative estimate of drug-likeness (QED) is 0.566. The Kier molecular flexibility index (Phi) is 5.68. The van der Waals surface area contributed by atoms with E-state index in [-0.39, 0.29) is 31.2 Å². The number of imide groups is 1. The van der Waals surface area contributed by atoms with E-state index in [1.807, 2.05) is 6.07 Å². The molecule has 1 saturated heterocycles. The molecule has 3 amide bonds. The first-order chi connectivity index (χ1) is 14.5. The fourth-order valence-electron chi connectivity index (χ4n) is 3.53. The zero-order chi connectivity index (χ0) is 21.1. The average molecular weight is 423 g/mol. The molecule has 30 heavy (non-hydrogen) atoms. The first-order valence-electron chi connectivity index (χ1n) is 9.51. The number of halogens is 1. The van der Waals surface area contributed by atoms with Crippen molar-refractivity contribution in [2.45, 2.75) is 25.4 Å². The molecule has 2 heterocycles. The largest absolute Gasteiger partial charge is 0.467 e. The first kappa shape index (κ1) is 19.9. The number of rotatable bonds is 6. The SMILES string of the molecule is O=C1CC(N(Cc2ccco2)C(=O)Cc2ccc(Cl)cc2)C(=O)N1c1ccccc1. The molecule has 1 fully saturated rings. The molecule has 0 spiro atoms. The summed E-state index contributed by atoms with van der Waals surface area (Å²) in [6, 6.07) is 18.2. The third-order valence-corrected chi connectivity index (χ3v) is 5.26. The van der Waals surface area contributed by atoms with Crippen molar-refractivity contribution in [3.63, 3.8) is 0 Å². The average Bonchev–Trinajstić information content (AvgIpc) is 3.36. The van der Waals surface area contributed by atoms with Crippen LogP contribution in [0.1, 0.15) is 17.7 Å². The lowest BCUT2D eigenvalue weighted by Gasteiger charge is -2.27. The molecule has 0 N–H and O–H groups in total. The van der Waals surface area contributed by atoms with Crippen molar-refractivity contribution in [1.82, 2.24) is 4.90 Å².